The smallest absolute Gasteiger partial charge is 0.341 e. The average molecular weight is 421 g/mol. The van der Waals surface area contributed by atoms with Crippen molar-refractivity contribution in [1.29, 1.82) is 0 Å². The van der Waals surface area contributed by atoms with Crippen molar-refractivity contribution in [2.75, 3.05) is 25.8 Å². The molecule has 0 amide bonds. The molecule has 6 heteroatoms. The van der Waals surface area contributed by atoms with Crippen LogP contribution in [0, 0.1) is 13.8 Å². The standard InChI is InChI=1S/C25H27NO5/c1-17-11-23(31-16-29-3)12-18(2)25(17)20-6-4-5-19(13-20)14-26-21-7-9-22(10-8-21)30-15-24(27)28/h4-13,26H,14-16H2,1-3H3,(H,27,28). The van der Waals surface area contributed by atoms with Gasteiger partial charge in [-0.2, -0.15) is 0 Å². The Balaban J connectivity index is 1.69. The first-order valence-electron chi connectivity index (χ1n) is 9.97. The fourth-order valence-electron chi connectivity index (χ4n) is 3.44. The van der Waals surface area contributed by atoms with E-state index in [0.717, 1.165) is 33.7 Å². The minimum atomic E-state index is -0.996. The molecule has 0 fully saturated rings. The van der Waals surface area contributed by atoms with Gasteiger partial charge in [0.1, 0.15) is 11.5 Å². The van der Waals surface area contributed by atoms with Gasteiger partial charge in [0.25, 0.3) is 0 Å². The first-order chi connectivity index (χ1) is 15.0. The minimum Gasteiger partial charge on any atom is -0.482 e. The van der Waals surface area contributed by atoms with E-state index in [9.17, 15) is 4.79 Å². The highest BCUT2D eigenvalue weighted by molar-refractivity contribution is 5.72. The van der Waals surface area contributed by atoms with Crippen LogP contribution in [0.4, 0.5) is 5.69 Å². The van der Waals surface area contributed by atoms with Crippen LogP contribution in [0.5, 0.6) is 11.5 Å². The fraction of sp³-hybridized carbons (Fsp3) is 0.240. The van der Waals surface area contributed by atoms with Crippen LogP contribution in [0.1, 0.15) is 16.7 Å². The van der Waals surface area contributed by atoms with Crippen LogP contribution in [0.15, 0.2) is 60.7 Å². The van der Waals surface area contributed by atoms with Gasteiger partial charge in [0.2, 0.25) is 0 Å². The van der Waals surface area contributed by atoms with Gasteiger partial charge in [-0.25, -0.2) is 4.79 Å². The highest BCUT2D eigenvalue weighted by atomic mass is 16.7. The molecule has 0 aliphatic carbocycles. The van der Waals surface area contributed by atoms with Crippen molar-refractivity contribution < 1.29 is 24.1 Å². The number of hydrogen-bond donors (Lipinski definition) is 2. The maximum absolute atomic E-state index is 10.6. The van der Waals surface area contributed by atoms with Gasteiger partial charge in [0.05, 0.1) is 0 Å². The van der Waals surface area contributed by atoms with Crippen LogP contribution in [0.3, 0.4) is 0 Å². The maximum Gasteiger partial charge on any atom is 0.341 e. The second-order valence-electron chi connectivity index (χ2n) is 7.24. The largest absolute Gasteiger partial charge is 0.482 e. The molecule has 0 unspecified atom stereocenters. The number of nitrogens with one attached hydrogen (secondary N) is 1. The van der Waals surface area contributed by atoms with Crippen molar-refractivity contribution in [3.8, 4) is 22.6 Å². The molecule has 31 heavy (non-hydrogen) atoms. The van der Waals surface area contributed by atoms with Crippen molar-refractivity contribution in [1.82, 2.24) is 0 Å². The SMILES string of the molecule is COCOc1cc(C)c(-c2cccc(CNc3ccc(OCC(=O)O)cc3)c2)c(C)c1. The quantitative estimate of drug-likeness (QED) is 0.447. The summed E-state index contributed by atoms with van der Waals surface area (Å²) < 4.78 is 15.7. The molecule has 0 aromatic heterocycles. The lowest BCUT2D eigenvalue weighted by Gasteiger charge is -2.15. The summed E-state index contributed by atoms with van der Waals surface area (Å²) in [5, 5.41) is 12.1. The zero-order chi connectivity index (χ0) is 22.2. The Morgan fingerprint density at radius 3 is 2.29 bits per heavy atom. The van der Waals surface area contributed by atoms with Crippen molar-refractivity contribution in [2.45, 2.75) is 20.4 Å². The molecule has 3 aromatic rings. The van der Waals surface area contributed by atoms with E-state index in [-0.39, 0.29) is 13.4 Å². The predicted molar refractivity (Wildman–Crippen MR) is 121 cm³/mol. The molecule has 0 atom stereocenters. The molecule has 3 rings (SSSR count). The van der Waals surface area contributed by atoms with Crippen molar-refractivity contribution in [3.05, 3.63) is 77.4 Å². The van der Waals surface area contributed by atoms with E-state index in [1.165, 1.54) is 5.56 Å². The Morgan fingerprint density at radius 2 is 1.65 bits per heavy atom. The van der Waals surface area contributed by atoms with Crippen LogP contribution >= 0.6 is 0 Å². The van der Waals surface area contributed by atoms with E-state index in [4.69, 9.17) is 19.3 Å². The molecule has 0 heterocycles. The molecule has 0 saturated carbocycles. The van der Waals surface area contributed by atoms with Gasteiger partial charge in [0, 0.05) is 19.3 Å². The summed E-state index contributed by atoms with van der Waals surface area (Å²) in [5.41, 5.74) is 6.74. The summed E-state index contributed by atoms with van der Waals surface area (Å²) in [4.78, 5) is 10.6. The second kappa shape index (κ2) is 10.5. The third-order valence-corrected chi connectivity index (χ3v) is 4.78. The number of ether oxygens (including phenoxy) is 3. The number of methoxy groups -OCH3 is 1. The Labute approximate surface area is 182 Å². The number of carboxylic acids is 1. The number of benzene rings is 3. The summed E-state index contributed by atoms with van der Waals surface area (Å²) in [6.07, 6.45) is 0. The normalized spacial score (nSPS) is 10.5. The number of hydrogen-bond acceptors (Lipinski definition) is 5. The minimum absolute atomic E-state index is 0.228. The number of carboxylic acid groups (broad SMARTS) is 1. The zero-order valence-corrected chi connectivity index (χ0v) is 18.0. The third-order valence-electron chi connectivity index (χ3n) is 4.78. The molecular formula is C25H27NO5. The van der Waals surface area contributed by atoms with Crippen molar-refractivity contribution in [2.24, 2.45) is 0 Å². The molecule has 6 nitrogen and oxygen atoms in total. The summed E-state index contributed by atoms with van der Waals surface area (Å²) in [6.45, 7) is 4.71. The predicted octanol–water partition coefficient (Wildman–Crippen LogP) is 5.03. The topological polar surface area (TPSA) is 77.0 Å². The highest BCUT2D eigenvalue weighted by Gasteiger charge is 2.09. The lowest BCUT2D eigenvalue weighted by Crippen LogP contribution is -2.09. The lowest BCUT2D eigenvalue weighted by atomic mass is 9.94. The molecule has 162 valence electrons. The van der Waals surface area contributed by atoms with Gasteiger partial charge in [-0.1, -0.05) is 18.2 Å². The molecule has 0 radical (unpaired) electrons. The maximum atomic E-state index is 10.6. The van der Waals surface area contributed by atoms with Crippen molar-refractivity contribution in [3.63, 3.8) is 0 Å². The van der Waals surface area contributed by atoms with E-state index in [2.05, 4.69) is 43.4 Å². The number of aliphatic carboxylic acids is 1. The Hall–Kier alpha value is -3.51. The molecule has 0 aliphatic heterocycles. The van der Waals surface area contributed by atoms with Gasteiger partial charge < -0.3 is 24.6 Å². The molecule has 0 bridgehead atoms. The summed E-state index contributed by atoms with van der Waals surface area (Å²) >= 11 is 0. The number of aryl methyl sites for hydroxylation is 2. The highest BCUT2D eigenvalue weighted by Crippen LogP contribution is 2.31. The first kappa shape index (κ1) is 22.2. The van der Waals surface area contributed by atoms with Gasteiger partial charge in [-0.05, 0) is 84.1 Å². The second-order valence-corrected chi connectivity index (χ2v) is 7.24. The summed E-state index contributed by atoms with van der Waals surface area (Å²) in [5.74, 6) is 0.331. The van der Waals surface area contributed by atoms with Gasteiger partial charge in [-0.15, -0.1) is 0 Å². The van der Waals surface area contributed by atoms with E-state index >= 15 is 0 Å². The van der Waals surface area contributed by atoms with E-state index in [1.807, 2.05) is 24.3 Å². The fourth-order valence-corrected chi connectivity index (χ4v) is 3.44. The Bertz CT molecular complexity index is 1010. The molecule has 0 spiro atoms. The van der Waals surface area contributed by atoms with Gasteiger partial charge in [-0.3, -0.25) is 0 Å². The molecule has 0 saturated heterocycles. The molecular weight excluding hydrogens is 394 g/mol. The van der Waals surface area contributed by atoms with Crippen LogP contribution in [-0.4, -0.2) is 31.6 Å². The third kappa shape index (κ3) is 6.23. The molecule has 2 N–H and O–H groups in total. The Kier molecular flexibility index (Phi) is 7.51. The Morgan fingerprint density at radius 1 is 0.935 bits per heavy atom. The van der Waals surface area contributed by atoms with Crippen molar-refractivity contribution >= 4 is 11.7 Å². The summed E-state index contributed by atoms with van der Waals surface area (Å²) in [6, 6.07) is 19.7. The number of rotatable bonds is 10. The lowest BCUT2D eigenvalue weighted by molar-refractivity contribution is -0.139. The van der Waals surface area contributed by atoms with Crippen LogP contribution in [-0.2, 0) is 16.1 Å². The monoisotopic (exact) mass is 421 g/mol. The number of anilines is 1. The van der Waals surface area contributed by atoms with Crippen LogP contribution in [0.25, 0.3) is 11.1 Å². The van der Waals surface area contributed by atoms with E-state index < -0.39 is 5.97 Å². The van der Waals surface area contributed by atoms with Gasteiger partial charge >= 0.3 is 5.97 Å². The van der Waals surface area contributed by atoms with E-state index in [1.54, 1.807) is 19.2 Å². The summed E-state index contributed by atoms with van der Waals surface area (Å²) in [7, 11) is 1.61. The van der Waals surface area contributed by atoms with Gasteiger partial charge in [0.15, 0.2) is 13.4 Å². The zero-order valence-electron chi connectivity index (χ0n) is 18.0. The van der Waals surface area contributed by atoms with Crippen LogP contribution in [0.2, 0.25) is 0 Å². The molecule has 3 aromatic carbocycles. The van der Waals surface area contributed by atoms with Crippen LogP contribution < -0.4 is 14.8 Å². The number of carbonyl (C=O) groups is 1. The van der Waals surface area contributed by atoms with E-state index in [0.29, 0.717) is 12.3 Å². The average Bonchev–Trinajstić information content (AvgIpc) is 2.75. The first-order valence-corrected chi connectivity index (χ1v) is 9.97. The molecule has 0 aliphatic rings.